The Kier molecular flexibility index (Phi) is 3.30. The Morgan fingerprint density at radius 3 is 2.95 bits per heavy atom. The summed E-state index contributed by atoms with van der Waals surface area (Å²) < 4.78 is 10.6. The summed E-state index contributed by atoms with van der Waals surface area (Å²) in [6.07, 6.45) is 2.19. The minimum atomic E-state index is -0.418. The summed E-state index contributed by atoms with van der Waals surface area (Å²) in [6.45, 7) is 3.01. The van der Waals surface area contributed by atoms with Crippen LogP contribution in [0.25, 0.3) is 11.0 Å². The number of carbonyl (C=O) groups is 1. The van der Waals surface area contributed by atoms with E-state index in [0.29, 0.717) is 34.0 Å². The van der Waals surface area contributed by atoms with Crippen molar-refractivity contribution in [3.05, 3.63) is 29.3 Å². The highest BCUT2D eigenvalue weighted by atomic mass is 16.5. The molecule has 2 heterocycles. The van der Waals surface area contributed by atoms with Crippen molar-refractivity contribution in [2.24, 2.45) is 0 Å². The van der Waals surface area contributed by atoms with Gasteiger partial charge >= 0.3 is 5.97 Å². The van der Waals surface area contributed by atoms with Gasteiger partial charge in [0.25, 0.3) is 0 Å². The van der Waals surface area contributed by atoms with Crippen molar-refractivity contribution in [3.8, 4) is 6.07 Å². The van der Waals surface area contributed by atoms with Gasteiger partial charge in [-0.2, -0.15) is 5.26 Å². The van der Waals surface area contributed by atoms with E-state index in [2.05, 4.69) is 17.9 Å². The molecule has 108 valence electrons. The lowest BCUT2D eigenvalue weighted by molar-refractivity contribution is 0.0601. The predicted octanol–water partition coefficient (Wildman–Crippen LogP) is 3.08. The number of anilines is 1. The van der Waals surface area contributed by atoms with Crippen molar-refractivity contribution < 1.29 is 13.9 Å². The Bertz CT molecular complexity index is 742. The summed E-state index contributed by atoms with van der Waals surface area (Å²) in [4.78, 5) is 13.7. The Labute approximate surface area is 122 Å². The molecule has 1 aromatic heterocycles. The first-order chi connectivity index (χ1) is 10.2. The quantitative estimate of drug-likeness (QED) is 0.793. The third-order valence-corrected chi connectivity index (χ3v) is 4.02. The third-order valence-electron chi connectivity index (χ3n) is 4.02. The molecule has 0 amide bonds. The summed E-state index contributed by atoms with van der Waals surface area (Å²) in [5, 5.41) is 10.1. The maximum atomic E-state index is 11.6. The highest BCUT2D eigenvalue weighted by Gasteiger charge is 2.27. The molecule has 1 fully saturated rings. The standard InChI is InChI=1S/C16H16N2O3/c1-10-4-3-7-18(10)15-13(9-17)12-8-11(16(19)20-2)5-6-14(12)21-15/h5-6,8,10H,3-4,7H2,1-2H3. The number of esters is 1. The van der Waals surface area contributed by atoms with Crippen LogP contribution in [0.15, 0.2) is 22.6 Å². The number of methoxy groups -OCH3 is 1. The second kappa shape index (κ2) is 5.13. The zero-order valence-corrected chi connectivity index (χ0v) is 12.0. The largest absolute Gasteiger partial charge is 0.465 e. The molecule has 0 radical (unpaired) electrons. The molecule has 1 unspecified atom stereocenters. The summed E-state index contributed by atoms with van der Waals surface area (Å²) in [7, 11) is 1.34. The molecule has 0 saturated carbocycles. The van der Waals surface area contributed by atoms with Gasteiger partial charge in [0.05, 0.1) is 12.7 Å². The smallest absolute Gasteiger partial charge is 0.337 e. The first kappa shape index (κ1) is 13.5. The van der Waals surface area contributed by atoms with Crippen LogP contribution in [-0.4, -0.2) is 25.7 Å². The van der Waals surface area contributed by atoms with E-state index in [1.807, 2.05) is 0 Å². The molecule has 0 aliphatic carbocycles. The average molecular weight is 284 g/mol. The maximum Gasteiger partial charge on any atom is 0.337 e. The molecule has 2 aromatic rings. The second-order valence-corrected chi connectivity index (χ2v) is 5.28. The Morgan fingerprint density at radius 2 is 2.33 bits per heavy atom. The third kappa shape index (κ3) is 2.13. The zero-order chi connectivity index (χ0) is 15.0. The molecule has 1 saturated heterocycles. The van der Waals surface area contributed by atoms with Crippen LogP contribution >= 0.6 is 0 Å². The predicted molar refractivity (Wildman–Crippen MR) is 78.3 cm³/mol. The maximum absolute atomic E-state index is 11.6. The summed E-state index contributed by atoms with van der Waals surface area (Å²) in [5.41, 5.74) is 1.53. The van der Waals surface area contributed by atoms with Crippen LogP contribution in [-0.2, 0) is 4.74 Å². The van der Waals surface area contributed by atoms with E-state index in [0.717, 1.165) is 19.4 Å². The lowest BCUT2D eigenvalue weighted by atomic mass is 10.1. The average Bonchev–Trinajstić information content (AvgIpc) is 3.08. The summed E-state index contributed by atoms with van der Waals surface area (Å²) >= 11 is 0. The molecule has 1 aliphatic rings. The van der Waals surface area contributed by atoms with Crippen LogP contribution in [0.1, 0.15) is 35.7 Å². The van der Waals surface area contributed by atoms with Gasteiger partial charge in [-0.05, 0) is 38.0 Å². The number of nitriles is 1. The topological polar surface area (TPSA) is 66.5 Å². The number of fused-ring (bicyclic) bond motifs is 1. The van der Waals surface area contributed by atoms with E-state index >= 15 is 0 Å². The molecular weight excluding hydrogens is 268 g/mol. The number of hydrogen-bond donors (Lipinski definition) is 0. The molecule has 3 rings (SSSR count). The van der Waals surface area contributed by atoms with Gasteiger partial charge in [0.1, 0.15) is 17.2 Å². The Hall–Kier alpha value is -2.48. The fourth-order valence-electron chi connectivity index (χ4n) is 2.87. The van der Waals surface area contributed by atoms with Crippen molar-refractivity contribution in [1.82, 2.24) is 0 Å². The van der Waals surface area contributed by atoms with Crippen LogP contribution in [0.4, 0.5) is 5.88 Å². The number of furan rings is 1. The van der Waals surface area contributed by atoms with Crippen LogP contribution in [0.5, 0.6) is 0 Å². The van der Waals surface area contributed by atoms with Crippen molar-refractivity contribution in [3.63, 3.8) is 0 Å². The molecule has 0 bridgehead atoms. The molecule has 1 aliphatic heterocycles. The Morgan fingerprint density at radius 1 is 1.52 bits per heavy atom. The first-order valence-corrected chi connectivity index (χ1v) is 6.97. The van der Waals surface area contributed by atoms with E-state index < -0.39 is 5.97 Å². The minimum absolute atomic E-state index is 0.359. The van der Waals surface area contributed by atoms with Crippen LogP contribution in [0, 0.1) is 11.3 Å². The zero-order valence-electron chi connectivity index (χ0n) is 12.0. The van der Waals surface area contributed by atoms with E-state index in [1.54, 1.807) is 18.2 Å². The van der Waals surface area contributed by atoms with Gasteiger partial charge in [-0.1, -0.05) is 0 Å². The van der Waals surface area contributed by atoms with E-state index in [4.69, 9.17) is 9.15 Å². The molecular formula is C16H16N2O3. The highest BCUT2D eigenvalue weighted by molar-refractivity contribution is 5.97. The van der Waals surface area contributed by atoms with Gasteiger partial charge in [-0.25, -0.2) is 4.79 Å². The van der Waals surface area contributed by atoms with Crippen molar-refractivity contribution in [2.75, 3.05) is 18.6 Å². The second-order valence-electron chi connectivity index (χ2n) is 5.28. The van der Waals surface area contributed by atoms with Gasteiger partial charge in [-0.15, -0.1) is 0 Å². The van der Waals surface area contributed by atoms with Crippen LogP contribution in [0.3, 0.4) is 0 Å². The van der Waals surface area contributed by atoms with Gasteiger partial charge in [-0.3, -0.25) is 0 Å². The van der Waals surface area contributed by atoms with Gasteiger partial charge in [0.15, 0.2) is 0 Å². The summed E-state index contributed by atoms with van der Waals surface area (Å²) in [5.74, 6) is 0.192. The fourth-order valence-corrected chi connectivity index (χ4v) is 2.87. The number of nitrogens with zero attached hydrogens (tertiary/aromatic N) is 2. The van der Waals surface area contributed by atoms with Crippen LogP contribution in [0.2, 0.25) is 0 Å². The first-order valence-electron chi connectivity index (χ1n) is 6.97. The van der Waals surface area contributed by atoms with Gasteiger partial charge in [0, 0.05) is 18.0 Å². The molecule has 0 spiro atoms. The monoisotopic (exact) mass is 284 g/mol. The van der Waals surface area contributed by atoms with Crippen molar-refractivity contribution in [1.29, 1.82) is 5.26 Å². The minimum Gasteiger partial charge on any atom is -0.465 e. The van der Waals surface area contributed by atoms with Crippen LogP contribution < -0.4 is 4.90 Å². The SMILES string of the molecule is COC(=O)c1ccc2oc(N3CCCC3C)c(C#N)c2c1. The van der Waals surface area contributed by atoms with Gasteiger partial charge < -0.3 is 14.1 Å². The number of hydrogen-bond acceptors (Lipinski definition) is 5. The highest BCUT2D eigenvalue weighted by Crippen LogP contribution is 2.36. The number of benzene rings is 1. The number of carbonyl (C=O) groups excluding carboxylic acids is 1. The lowest BCUT2D eigenvalue weighted by Gasteiger charge is -2.20. The molecule has 0 N–H and O–H groups in total. The summed E-state index contributed by atoms with van der Waals surface area (Å²) in [6, 6.07) is 7.60. The molecule has 1 aromatic carbocycles. The molecule has 21 heavy (non-hydrogen) atoms. The van der Waals surface area contributed by atoms with E-state index in [1.165, 1.54) is 7.11 Å². The molecule has 5 heteroatoms. The van der Waals surface area contributed by atoms with E-state index in [-0.39, 0.29) is 0 Å². The molecule has 1 atom stereocenters. The number of rotatable bonds is 2. The van der Waals surface area contributed by atoms with Gasteiger partial charge in [0.2, 0.25) is 5.88 Å². The van der Waals surface area contributed by atoms with E-state index in [9.17, 15) is 10.1 Å². The van der Waals surface area contributed by atoms with Crippen molar-refractivity contribution in [2.45, 2.75) is 25.8 Å². The lowest BCUT2D eigenvalue weighted by Crippen LogP contribution is -2.26. The Balaban J connectivity index is 2.15. The fraction of sp³-hybridized carbons (Fsp3) is 0.375. The normalized spacial score (nSPS) is 18.0. The van der Waals surface area contributed by atoms with Crippen molar-refractivity contribution >= 4 is 22.8 Å². The molecule has 5 nitrogen and oxygen atoms in total. The number of ether oxygens (including phenoxy) is 1.